The molecule has 1 aliphatic carbocycles. The summed E-state index contributed by atoms with van der Waals surface area (Å²) >= 11 is 3.86. The number of amides is 1. The number of carbonyl (C=O) groups is 2. The fourth-order valence-electron chi connectivity index (χ4n) is 3.07. The first kappa shape index (κ1) is 14.4. The lowest BCUT2D eigenvalue weighted by atomic mass is 9.68. The molecule has 0 bridgehead atoms. The van der Waals surface area contributed by atoms with Crippen molar-refractivity contribution in [1.82, 2.24) is 4.90 Å². The summed E-state index contributed by atoms with van der Waals surface area (Å²) in [4.78, 5) is 25.6. The number of allylic oxidation sites excluding steroid dienone is 2. The molecule has 4 nitrogen and oxygen atoms in total. The van der Waals surface area contributed by atoms with Crippen molar-refractivity contribution in [2.75, 3.05) is 13.1 Å². The second kappa shape index (κ2) is 5.57. The Kier molecular flexibility index (Phi) is 4.23. The number of hydrogen-bond acceptors (Lipinski definition) is 4. The topological polar surface area (TPSA) is 46.6 Å². The minimum atomic E-state index is -0.0286. The predicted molar refractivity (Wildman–Crippen MR) is 75.6 cm³/mol. The standard InChI is InChI=1S/C14H21NO3S/c1-3-13(17)15-6-4-14(5-7-15)8-11(16)10(2)12(9-14)18-19/h19H,3-9H2,1-2H3. The van der Waals surface area contributed by atoms with Crippen molar-refractivity contribution in [2.45, 2.75) is 46.0 Å². The fourth-order valence-corrected chi connectivity index (χ4v) is 3.27. The first-order valence-corrected chi connectivity index (χ1v) is 7.20. The average molecular weight is 283 g/mol. The van der Waals surface area contributed by atoms with E-state index in [4.69, 9.17) is 4.18 Å². The number of hydrogen-bond donors (Lipinski definition) is 1. The third kappa shape index (κ3) is 2.81. The molecule has 0 aromatic rings. The maximum absolute atomic E-state index is 12.1. The number of likely N-dealkylation sites (tertiary alicyclic amines) is 1. The van der Waals surface area contributed by atoms with E-state index in [1.165, 1.54) is 0 Å². The lowest BCUT2D eigenvalue weighted by Crippen LogP contribution is -2.45. The quantitative estimate of drug-likeness (QED) is 0.625. The van der Waals surface area contributed by atoms with Crippen molar-refractivity contribution < 1.29 is 13.8 Å². The summed E-state index contributed by atoms with van der Waals surface area (Å²) < 4.78 is 5.07. The van der Waals surface area contributed by atoms with Crippen LogP contribution < -0.4 is 0 Å². The minimum absolute atomic E-state index is 0.0286. The molecule has 1 amide bonds. The van der Waals surface area contributed by atoms with E-state index < -0.39 is 0 Å². The van der Waals surface area contributed by atoms with Gasteiger partial charge in [0.25, 0.3) is 0 Å². The molecule has 1 heterocycles. The van der Waals surface area contributed by atoms with E-state index in [9.17, 15) is 9.59 Å². The van der Waals surface area contributed by atoms with Crippen molar-refractivity contribution >= 4 is 24.6 Å². The molecule has 0 N–H and O–H groups in total. The molecule has 1 spiro atoms. The van der Waals surface area contributed by atoms with Crippen molar-refractivity contribution in [1.29, 1.82) is 0 Å². The zero-order valence-electron chi connectivity index (χ0n) is 11.6. The normalized spacial score (nSPS) is 22.9. The highest BCUT2D eigenvalue weighted by atomic mass is 32.1. The van der Waals surface area contributed by atoms with Crippen molar-refractivity contribution in [2.24, 2.45) is 5.41 Å². The van der Waals surface area contributed by atoms with Crippen molar-refractivity contribution in [3.8, 4) is 0 Å². The Hall–Kier alpha value is -0.970. The summed E-state index contributed by atoms with van der Waals surface area (Å²) in [7, 11) is 0. The lowest BCUT2D eigenvalue weighted by molar-refractivity contribution is -0.133. The summed E-state index contributed by atoms with van der Waals surface area (Å²) in [6, 6.07) is 0. The van der Waals surface area contributed by atoms with Gasteiger partial charge in [0.15, 0.2) is 5.78 Å². The highest BCUT2D eigenvalue weighted by molar-refractivity contribution is 7.75. The maximum atomic E-state index is 12.1. The van der Waals surface area contributed by atoms with E-state index >= 15 is 0 Å². The molecule has 106 valence electrons. The summed E-state index contributed by atoms with van der Waals surface area (Å²) in [6.45, 7) is 5.18. The number of carbonyl (C=O) groups excluding carboxylic acids is 2. The molecule has 1 aliphatic heterocycles. The third-order valence-electron chi connectivity index (χ3n) is 4.50. The number of piperidine rings is 1. The van der Waals surface area contributed by atoms with Crippen LogP contribution in [0.25, 0.3) is 0 Å². The SMILES string of the molecule is CCC(=O)N1CCC2(CC1)CC(=O)C(C)=C(OS)C2. The summed E-state index contributed by atoms with van der Waals surface area (Å²) in [5, 5.41) is 0. The zero-order valence-corrected chi connectivity index (χ0v) is 12.5. The van der Waals surface area contributed by atoms with E-state index in [0.717, 1.165) is 32.4 Å². The monoisotopic (exact) mass is 283 g/mol. The van der Waals surface area contributed by atoms with Crippen LogP contribution in [0.2, 0.25) is 0 Å². The number of ketones is 1. The van der Waals surface area contributed by atoms with Crippen LogP contribution in [-0.2, 0) is 13.8 Å². The number of nitrogens with zero attached hydrogens (tertiary/aromatic N) is 1. The second-order valence-electron chi connectivity index (χ2n) is 5.65. The van der Waals surface area contributed by atoms with E-state index in [1.54, 1.807) is 6.92 Å². The number of thiol groups is 1. The zero-order chi connectivity index (χ0) is 14.0. The van der Waals surface area contributed by atoms with E-state index in [-0.39, 0.29) is 17.1 Å². The Bertz CT molecular complexity index is 422. The van der Waals surface area contributed by atoms with Crippen LogP contribution >= 0.6 is 12.9 Å². The van der Waals surface area contributed by atoms with Gasteiger partial charge < -0.3 is 9.08 Å². The minimum Gasteiger partial charge on any atom is -0.433 e. The van der Waals surface area contributed by atoms with Crippen LogP contribution in [-0.4, -0.2) is 29.7 Å². The maximum Gasteiger partial charge on any atom is 0.222 e. The Morgan fingerprint density at radius 1 is 1.37 bits per heavy atom. The fraction of sp³-hybridized carbons (Fsp3) is 0.714. The smallest absolute Gasteiger partial charge is 0.222 e. The molecule has 0 aromatic heterocycles. The van der Waals surface area contributed by atoms with Crippen molar-refractivity contribution in [3.63, 3.8) is 0 Å². The number of rotatable bonds is 2. The van der Waals surface area contributed by atoms with Gasteiger partial charge in [0, 0.05) is 50.8 Å². The molecule has 19 heavy (non-hydrogen) atoms. The van der Waals surface area contributed by atoms with Gasteiger partial charge in [-0.15, -0.1) is 0 Å². The van der Waals surface area contributed by atoms with Crippen molar-refractivity contribution in [3.05, 3.63) is 11.3 Å². The van der Waals surface area contributed by atoms with Gasteiger partial charge in [-0.2, -0.15) is 0 Å². The highest BCUT2D eigenvalue weighted by Gasteiger charge is 2.42. The Morgan fingerprint density at radius 3 is 2.53 bits per heavy atom. The van der Waals surface area contributed by atoms with Gasteiger partial charge in [0.1, 0.15) is 5.76 Å². The third-order valence-corrected chi connectivity index (χ3v) is 4.72. The van der Waals surface area contributed by atoms with E-state index in [2.05, 4.69) is 12.9 Å². The lowest BCUT2D eigenvalue weighted by Gasteiger charge is -2.43. The Morgan fingerprint density at radius 2 is 2.00 bits per heavy atom. The second-order valence-corrected chi connectivity index (χ2v) is 5.83. The molecule has 0 unspecified atom stereocenters. The largest absolute Gasteiger partial charge is 0.433 e. The van der Waals surface area contributed by atoms with Gasteiger partial charge >= 0.3 is 0 Å². The van der Waals surface area contributed by atoms with Crippen LogP contribution in [0, 0.1) is 5.41 Å². The van der Waals surface area contributed by atoms with Gasteiger partial charge in [-0.3, -0.25) is 9.59 Å². The van der Waals surface area contributed by atoms with Crippen LogP contribution in [0.1, 0.15) is 46.0 Å². The molecule has 2 rings (SSSR count). The molecule has 0 saturated carbocycles. The molecular weight excluding hydrogens is 262 g/mol. The van der Waals surface area contributed by atoms with Gasteiger partial charge in [-0.25, -0.2) is 0 Å². The Labute approximate surface area is 119 Å². The molecular formula is C14H21NO3S. The molecule has 0 atom stereocenters. The predicted octanol–water partition coefficient (Wildman–Crippen LogP) is 2.50. The van der Waals surface area contributed by atoms with Crippen LogP contribution in [0.3, 0.4) is 0 Å². The van der Waals surface area contributed by atoms with Gasteiger partial charge in [-0.1, -0.05) is 6.92 Å². The molecule has 1 saturated heterocycles. The number of Topliss-reactive ketones (excluding diaryl/α,β-unsaturated/α-hetero) is 1. The van der Waals surface area contributed by atoms with Crippen LogP contribution in [0.4, 0.5) is 0 Å². The van der Waals surface area contributed by atoms with Gasteiger partial charge in [0.2, 0.25) is 5.91 Å². The van der Waals surface area contributed by atoms with E-state index in [1.807, 2.05) is 11.8 Å². The summed E-state index contributed by atoms with van der Waals surface area (Å²) in [6.07, 6.45) is 3.64. The molecule has 0 aromatic carbocycles. The average Bonchev–Trinajstić information content (AvgIpc) is 2.43. The Balaban J connectivity index is 2.08. The van der Waals surface area contributed by atoms with Crippen LogP contribution in [0.5, 0.6) is 0 Å². The molecule has 1 fully saturated rings. The molecule has 0 radical (unpaired) electrons. The summed E-state index contributed by atoms with van der Waals surface area (Å²) in [5.41, 5.74) is 0.673. The van der Waals surface area contributed by atoms with Gasteiger partial charge in [-0.05, 0) is 25.2 Å². The summed E-state index contributed by atoms with van der Waals surface area (Å²) in [5.74, 6) is 1.06. The molecule has 5 heteroatoms. The molecule has 2 aliphatic rings. The first-order chi connectivity index (χ1) is 9.01. The first-order valence-electron chi connectivity index (χ1n) is 6.83. The van der Waals surface area contributed by atoms with Crippen LogP contribution in [0.15, 0.2) is 11.3 Å². The van der Waals surface area contributed by atoms with E-state index in [0.29, 0.717) is 24.2 Å². The highest BCUT2D eigenvalue weighted by Crippen LogP contribution is 2.45. The van der Waals surface area contributed by atoms with Gasteiger partial charge in [0.05, 0.1) is 0 Å².